The van der Waals surface area contributed by atoms with E-state index >= 15 is 0 Å². The molecule has 0 aromatic heterocycles. The summed E-state index contributed by atoms with van der Waals surface area (Å²) >= 11 is 1.67. The largest absolute Gasteiger partial charge is 0.480 e. The Kier molecular flexibility index (Phi) is 5.35. The van der Waals surface area contributed by atoms with Crippen LogP contribution in [-0.4, -0.2) is 28.6 Å². The van der Waals surface area contributed by atoms with Gasteiger partial charge in [0.15, 0.2) is 0 Å². The molecule has 0 aliphatic carbocycles. The van der Waals surface area contributed by atoms with Crippen molar-refractivity contribution >= 4 is 17.7 Å². The Morgan fingerprint density at radius 1 is 1.44 bits per heavy atom. The zero-order chi connectivity index (χ0) is 12.0. The Labute approximate surface area is 100 Å². The Morgan fingerprint density at radius 2 is 2.06 bits per heavy atom. The van der Waals surface area contributed by atoms with Crippen molar-refractivity contribution in [2.75, 3.05) is 6.26 Å². The van der Waals surface area contributed by atoms with Gasteiger partial charge in [0.05, 0.1) is 0 Å². The minimum Gasteiger partial charge on any atom is -0.480 e. The molecule has 88 valence electrons. The zero-order valence-electron chi connectivity index (χ0n) is 9.30. The normalized spacial score (nSPS) is 14.4. The Bertz CT molecular complexity index is 329. The number of benzene rings is 1. The number of carboxylic acids is 1. The number of aliphatic carboxylic acids is 1. The molecule has 1 aromatic carbocycles. The van der Waals surface area contributed by atoms with E-state index in [0.717, 1.165) is 6.42 Å². The maximum Gasteiger partial charge on any atom is 0.320 e. The Morgan fingerprint density at radius 3 is 2.56 bits per heavy atom. The summed E-state index contributed by atoms with van der Waals surface area (Å²) in [6, 6.07) is 9.29. The van der Waals surface area contributed by atoms with E-state index in [1.54, 1.807) is 11.8 Å². The van der Waals surface area contributed by atoms with Gasteiger partial charge in [-0.25, -0.2) is 0 Å². The Hall–Kier alpha value is -1.00. The van der Waals surface area contributed by atoms with Crippen LogP contribution in [0, 0.1) is 0 Å². The van der Waals surface area contributed by atoms with Crippen LogP contribution in [0.5, 0.6) is 0 Å². The van der Waals surface area contributed by atoms with Crippen LogP contribution in [0.3, 0.4) is 0 Å². The second-order valence-corrected chi connectivity index (χ2v) is 4.87. The molecule has 0 saturated carbocycles. The molecule has 0 saturated heterocycles. The molecule has 16 heavy (non-hydrogen) atoms. The molecule has 0 aliphatic heterocycles. The highest BCUT2D eigenvalue weighted by Gasteiger charge is 2.18. The Balaban J connectivity index is 2.53. The van der Waals surface area contributed by atoms with Gasteiger partial charge in [0.1, 0.15) is 6.04 Å². The van der Waals surface area contributed by atoms with E-state index in [4.69, 9.17) is 10.8 Å². The van der Waals surface area contributed by atoms with Gasteiger partial charge in [0.2, 0.25) is 0 Å². The molecule has 0 fully saturated rings. The van der Waals surface area contributed by atoms with Crippen LogP contribution >= 0.6 is 11.8 Å². The highest BCUT2D eigenvalue weighted by atomic mass is 32.2. The van der Waals surface area contributed by atoms with Crippen LogP contribution in [0.15, 0.2) is 30.3 Å². The molecule has 0 aliphatic rings. The molecule has 1 rings (SSSR count). The van der Waals surface area contributed by atoms with Crippen LogP contribution < -0.4 is 5.73 Å². The first-order valence-electron chi connectivity index (χ1n) is 5.18. The van der Waals surface area contributed by atoms with Crippen molar-refractivity contribution in [2.24, 2.45) is 5.73 Å². The summed E-state index contributed by atoms with van der Waals surface area (Å²) in [4.78, 5) is 10.7. The number of carboxylic acid groups (broad SMARTS) is 1. The van der Waals surface area contributed by atoms with Crippen LogP contribution in [0.2, 0.25) is 0 Å². The fraction of sp³-hybridized carbons (Fsp3) is 0.417. The van der Waals surface area contributed by atoms with Crippen molar-refractivity contribution in [2.45, 2.75) is 24.1 Å². The molecular weight excluding hydrogens is 222 g/mol. The maximum absolute atomic E-state index is 10.7. The van der Waals surface area contributed by atoms with Gasteiger partial charge >= 0.3 is 5.97 Å². The number of hydrogen-bond donors (Lipinski definition) is 2. The predicted octanol–water partition coefficient (Wildman–Crippen LogP) is 1.76. The van der Waals surface area contributed by atoms with E-state index in [1.165, 1.54) is 5.56 Å². The lowest BCUT2D eigenvalue weighted by molar-refractivity contribution is -0.138. The molecule has 3 nitrogen and oxygen atoms in total. The summed E-state index contributed by atoms with van der Waals surface area (Å²) < 4.78 is 0. The topological polar surface area (TPSA) is 63.3 Å². The van der Waals surface area contributed by atoms with Crippen LogP contribution in [0.25, 0.3) is 0 Å². The molecule has 1 unspecified atom stereocenters. The number of hydrogen-bond acceptors (Lipinski definition) is 3. The third-order valence-electron chi connectivity index (χ3n) is 2.47. The smallest absolute Gasteiger partial charge is 0.320 e. The first-order chi connectivity index (χ1) is 7.63. The highest BCUT2D eigenvalue weighted by Crippen LogP contribution is 2.18. The quantitative estimate of drug-likeness (QED) is 0.794. The number of thioether (sulfide) groups is 1. The van der Waals surface area contributed by atoms with Crippen LogP contribution in [0.1, 0.15) is 12.0 Å². The second-order valence-electron chi connectivity index (χ2n) is 3.73. The molecule has 1 aromatic rings. The first kappa shape index (κ1) is 13.1. The van der Waals surface area contributed by atoms with Crippen molar-refractivity contribution in [3.05, 3.63) is 35.9 Å². The van der Waals surface area contributed by atoms with Gasteiger partial charge in [-0.1, -0.05) is 30.3 Å². The van der Waals surface area contributed by atoms with Gasteiger partial charge in [-0.3, -0.25) is 4.79 Å². The fourth-order valence-corrected chi connectivity index (χ4v) is 2.28. The van der Waals surface area contributed by atoms with Gasteiger partial charge in [-0.2, -0.15) is 11.8 Å². The SMILES string of the molecule is CSC(Cc1ccccc1)C[C@H](N)C(=O)O. The van der Waals surface area contributed by atoms with Crippen LogP contribution in [-0.2, 0) is 11.2 Å². The molecule has 0 spiro atoms. The van der Waals surface area contributed by atoms with Gasteiger partial charge in [-0.15, -0.1) is 0 Å². The highest BCUT2D eigenvalue weighted by molar-refractivity contribution is 7.99. The van der Waals surface area contributed by atoms with Crippen molar-refractivity contribution in [1.82, 2.24) is 0 Å². The molecule has 2 atom stereocenters. The van der Waals surface area contributed by atoms with E-state index in [2.05, 4.69) is 12.1 Å². The van der Waals surface area contributed by atoms with Gasteiger partial charge in [0.25, 0.3) is 0 Å². The fourth-order valence-electron chi connectivity index (χ4n) is 1.52. The zero-order valence-corrected chi connectivity index (χ0v) is 10.1. The van der Waals surface area contributed by atoms with Crippen molar-refractivity contribution in [1.29, 1.82) is 0 Å². The minimum atomic E-state index is -0.924. The minimum absolute atomic E-state index is 0.258. The van der Waals surface area contributed by atoms with Crippen molar-refractivity contribution in [3.63, 3.8) is 0 Å². The number of rotatable bonds is 6. The lowest BCUT2D eigenvalue weighted by Crippen LogP contribution is -2.33. The standard InChI is InChI=1S/C12H17NO2S/c1-16-10(8-11(13)12(14)15)7-9-5-3-2-4-6-9/h2-6,10-11H,7-8,13H2,1H3,(H,14,15)/t10?,11-/m0/s1. The molecular formula is C12H17NO2S. The number of carbonyl (C=O) groups is 1. The third kappa shape index (κ3) is 4.24. The van der Waals surface area contributed by atoms with Gasteiger partial charge < -0.3 is 10.8 Å². The summed E-state index contributed by atoms with van der Waals surface area (Å²) in [5, 5.41) is 9.02. The lowest BCUT2D eigenvalue weighted by atomic mass is 10.0. The molecule has 0 bridgehead atoms. The summed E-state index contributed by atoms with van der Waals surface area (Å²) in [6.07, 6.45) is 3.36. The average Bonchev–Trinajstić information content (AvgIpc) is 2.29. The van der Waals surface area contributed by atoms with E-state index < -0.39 is 12.0 Å². The predicted molar refractivity (Wildman–Crippen MR) is 67.7 cm³/mol. The lowest BCUT2D eigenvalue weighted by Gasteiger charge is -2.16. The second kappa shape index (κ2) is 6.55. The molecule has 0 heterocycles. The average molecular weight is 239 g/mol. The van der Waals surface area contributed by atoms with Crippen molar-refractivity contribution < 1.29 is 9.90 Å². The van der Waals surface area contributed by atoms with E-state index in [1.807, 2.05) is 24.5 Å². The van der Waals surface area contributed by atoms with Gasteiger partial charge in [0, 0.05) is 5.25 Å². The van der Waals surface area contributed by atoms with E-state index in [-0.39, 0.29) is 5.25 Å². The summed E-state index contributed by atoms with van der Waals surface area (Å²) in [7, 11) is 0. The van der Waals surface area contributed by atoms with E-state index in [9.17, 15) is 4.79 Å². The summed E-state index contributed by atoms with van der Waals surface area (Å²) in [6.45, 7) is 0. The molecule has 0 radical (unpaired) electrons. The monoisotopic (exact) mass is 239 g/mol. The van der Waals surface area contributed by atoms with Gasteiger partial charge in [-0.05, 0) is 24.7 Å². The van der Waals surface area contributed by atoms with Crippen LogP contribution in [0.4, 0.5) is 0 Å². The number of nitrogens with two attached hydrogens (primary N) is 1. The molecule has 0 amide bonds. The summed E-state index contributed by atoms with van der Waals surface area (Å²) in [5.41, 5.74) is 6.76. The van der Waals surface area contributed by atoms with Crippen molar-refractivity contribution in [3.8, 4) is 0 Å². The molecule has 3 N–H and O–H groups in total. The maximum atomic E-state index is 10.7. The molecule has 4 heteroatoms. The third-order valence-corrected chi connectivity index (χ3v) is 3.50. The van der Waals surface area contributed by atoms with E-state index in [0.29, 0.717) is 6.42 Å². The first-order valence-corrected chi connectivity index (χ1v) is 6.47. The summed E-state index contributed by atoms with van der Waals surface area (Å²) in [5.74, 6) is -0.924.